The Morgan fingerprint density at radius 3 is 2.36 bits per heavy atom. The number of carbonyl (C=O) groups is 1. The molecule has 0 atom stereocenters. The van der Waals surface area contributed by atoms with Crippen molar-refractivity contribution < 1.29 is 15.0 Å². The Balaban J connectivity index is 2.50. The second kappa shape index (κ2) is 2.34. The summed E-state index contributed by atoms with van der Waals surface area (Å²) in [6, 6.07) is 0. The van der Waals surface area contributed by atoms with Crippen LogP contribution in [-0.2, 0) is 4.79 Å². The average Bonchev–Trinajstić information content (AvgIpc) is 1.79. The molecule has 1 rings (SSSR count). The molecule has 3 nitrogen and oxygen atoms in total. The summed E-state index contributed by atoms with van der Waals surface area (Å²) in [4.78, 5) is 10.4. The minimum Gasteiger partial charge on any atom is -0.481 e. The second-order valence-corrected chi connectivity index (χ2v) is 3.26. The molecule has 1 fully saturated rings. The normalized spacial score (nSPS) is 36.0. The Labute approximate surface area is 65.3 Å². The van der Waals surface area contributed by atoms with Gasteiger partial charge >= 0.3 is 5.97 Å². The zero-order valence-corrected chi connectivity index (χ0v) is 6.50. The van der Waals surface area contributed by atoms with Gasteiger partial charge in [0.25, 0.3) is 0 Å². The summed E-state index contributed by atoms with van der Waals surface area (Å²) in [5.74, 6) is -1.20. The first kappa shape index (κ1) is 8.27. The maximum absolute atomic E-state index is 10.4. The maximum atomic E-state index is 10.4. The van der Waals surface area contributed by atoms with Crippen LogP contribution in [0.4, 0.5) is 0 Å². The molecular weight excluding hydrogens is 144 g/mol. The van der Waals surface area contributed by atoms with Gasteiger partial charge in [0.05, 0.1) is 11.5 Å². The van der Waals surface area contributed by atoms with E-state index >= 15 is 0 Å². The van der Waals surface area contributed by atoms with Crippen molar-refractivity contribution in [1.29, 1.82) is 0 Å². The molecule has 1 saturated carbocycles. The van der Waals surface area contributed by atoms with E-state index in [0.717, 1.165) is 0 Å². The molecule has 0 spiro atoms. The van der Waals surface area contributed by atoms with Crippen LogP contribution in [0.3, 0.4) is 0 Å². The molecule has 2 N–H and O–H groups in total. The third-order valence-corrected chi connectivity index (χ3v) is 2.31. The van der Waals surface area contributed by atoms with E-state index in [-0.39, 0.29) is 5.92 Å². The van der Waals surface area contributed by atoms with E-state index < -0.39 is 11.6 Å². The number of carboxylic acid groups (broad SMARTS) is 1. The van der Waals surface area contributed by atoms with Crippen molar-refractivity contribution in [2.24, 2.45) is 5.92 Å². The molecule has 1 aliphatic rings. The van der Waals surface area contributed by atoms with Crippen molar-refractivity contribution >= 4 is 5.97 Å². The van der Waals surface area contributed by atoms with E-state index in [1.54, 1.807) is 6.92 Å². The molecule has 3 heteroatoms. The van der Waals surface area contributed by atoms with Crippen LogP contribution in [0.25, 0.3) is 0 Å². The van der Waals surface area contributed by atoms with E-state index in [1.807, 2.05) is 0 Å². The quantitative estimate of drug-likeness (QED) is 0.581. The van der Waals surface area contributed by atoms with E-state index in [0.29, 0.717) is 18.4 Å². The number of aliphatic carboxylic acids is 1. The first-order chi connectivity index (χ1) is 4.96. The summed E-state index contributed by atoms with van der Waals surface area (Å²) in [7, 11) is 0. The van der Waals surface area contributed by atoms with Crippen molar-refractivity contribution in [1.82, 2.24) is 0 Å². The summed E-state index contributed by atoms with van der Waals surface area (Å²) in [6.45, 7) is 5.32. The highest BCUT2D eigenvalue weighted by atomic mass is 16.4. The molecule has 0 heterocycles. The summed E-state index contributed by atoms with van der Waals surface area (Å²) in [5.41, 5.74) is -0.238. The predicted molar refractivity (Wildman–Crippen MR) is 40.1 cm³/mol. The van der Waals surface area contributed by atoms with Crippen molar-refractivity contribution in [3.05, 3.63) is 12.2 Å². The van der Waals surface area contributed by atoms with Crippen LogP contribution in [0.15, 0.2) is 12.2 Å². The number of hydrogen-bond acceptors (Lipinski definition) is 2. The summed E-state index contributed by atoms with van der Waals surface area (Å²) < 4.78 is 0. The Hall–Kier alpha value is -0.830. The molecule has 0 bridgehead atoms. The lowest BCUT2D eigenvalue weighted by Crippen LogP contribution is -2.47. The molecule has 62 valence electrons. The molecule has 0 amide bonds. The largest absolute Gasteiger partial charge is 0.481 e. The zero-order chi connectivity index (χ0) is 8.65. The van der Waals surface area contributed by atoms with Gasteiger partial charge in [-0.15, -0.1) is 0 Å². The van der Waals surface area contributed by atoms with Gasteiger partial charge in [-0.05, 0) is 25.3 Å². The molecule has 0 aromatic rings. The van der Waals surface area contributed by atoms with Crippen LogP contribution >= 0.6 is 0 Å². The van der Waals surface area contributed by atoms with Gasteiger partial charge in [-0.3, -0.25) is 4.79 Å². The third-order valence-electron chi connectivity index (χ3n) is 2.31. The number of rotatable bonds is 2. The van der Waals surface area contributed by atoms with E-state index in [2.05, 4.69) is 6.58 Å². The monoisotopic (exact) mass is 156 g/mol. The van der Waals surface area contributed by atoms with Gasteiger partial charge in [0.15, 0.2) is 0 Å². The fourth-order valence-electron chi connectivity index (χ4n) is 1.28. The Morgan fingerprint density at radius 1 is 1.64 bits per heavy atom. The van der Waals surface area contributed by atoms with Gasteiger partial charge in [-0.2, -0.15) is 0 Å². The molecule has 0 unspecified atom stereocenters. The topological polar surface area (TPSA) is 57.5 Å². The summed E-state index contributed by atoms with van der Waals surface area (Å²) >= 11 is 0. The van der Waals surface area contributed by atoms with Gasteiger partial charge in [-0.1, -0.05) is 6.58 Å². The number of hydrogen-bond donors (Lipinski definition) is 2. The number of aliphatic hydroxyl groups is 1. The van der Waals surface area contributed by atoms with Crippen LogP contribution in [0.1, 0.15) is 19.8 Å². The molecular formula is C8H12O3. The standard InChI is InChI=1S/C8H12O3/c1-5(2)8(11)3-6(4-8)7(9)10/h6,11H,1,3-4H2,2H3,(H,9,10). The lowest BCUT2D eigenvalue weighted by Gasteiger charge is -2.41. The van der Waals surface area contributed by atoms with Crippen molar-refractivity contribution in [2.45, 2.75) is 25.4 Å². The van der Waals surface area contributed by atoms with Crippen LogP contribution in [0, 0.1) is 5.92 Å². The molecule has 1 aliphatic carbocycles. The van der Waals surface area contributed by atoms with Crippen molar-refractivity contribution in [3.63, 3.8) is 0 Å². The molecule has 0 saturated heterocycles. The fourth-order valence-corrected chi connectivity index (χ4v) is 1.28. The third kappa shape index (κ3) is 1.28. The lowest BCUT2D eigenvalue weighted by molar-refractivity contribution is -0.154. The smallest absolute Gasteiger partial charge is 0.306 e. The van der Waals surface area contributed by atoms with Gasteiger partial charge in [0, 0.05) is 0 Å². The van der Waals surface area contributed by atoms with E-state index in [1.165, 1.54) is 0 Å². The van der Waals surface area contributed by atoms with Gasteiger partial charge in [0.2, 0.25) is 0 Å². The Kier molecular flexibility index (Phi) is 1.76. The van der Waals surface area contributed by atoms with Gasteiger partial charge in [-0.25, -0.2) is 0 Å². The molecule has 0 aromatic heterocycles. The van der Waals surface area contributed by atoms with Crippen LogP contribution in [0.5, 0.6) is 0 Å². The SMILES string of the molecule is C=C(C)C1(O)CC(C(=O)O)C1. The van der Waals surface area contributed by atoms with Crippen LogP contribution in [0.2, 0.25) is 0 Å². The van der Waals surface area contributed by atoms with Crippen LogP contribution in [-0.4, -0.2) is 21.8 Å². The maximum Gasteiger partial charge on any atom is 0.306 e. The highest BCUT2D eigenvalue weighted by Crippen LogP contribution is 2.42. The highest BCUT2D eigenvalue weighted by Gasteiger charge is 2.46. The molecule has 11 heavy (non-hydrogen) atoms. The molecule has 0 radical (unpaired) electrons. The second-order valence-electron chi connectivity index (χ2n) is 3.26. The van der Waals surface area contributed by atoms with Crippen molar-refractivity contribution in [2.75, 3.05) is 0 Å². The molecule has 0 aliphatic heterocycles. The fraction of sp³-hybridized carbons (Fsp3) is 0.625. The first-order valence-corrected chi connectivity index (χ1v) is 3.57. The minimum absolute atomic E-state index is 0.317. The van der Waals surface area contributed by atoms with E-state index in [4.69, 9.17) is 5.11 Å². The minimum atomic E-state index is -0.900. The van der Waals surface area contributed by atoms with Gasteiger partial charge < -0.3 is 10.2 Å². The van der Waals surface area contributed by atoms with Crippen molar-refractivity contribution in [3.8, 4) is 0 Å². The predicted octanol–water partition coefficient (Wildman–Crippen LogP) is 0.788. The average molecular weight is 156 g/mol. The Morgan fingerprint density at radius 2 is 2.09 bits per heavy atom. The van der Waals surface area contributed by atoms with Gasteiger partial charge in [0.1, 0.15) is 0 Å². The summed E-state index contributed by atoms with van der Waals surface area (Å²) in [6.07, 6.45) is 0.634. The molecule has 0 aromatic carbocycles. The van der Waals surface area contributed by atoms with Crippen LogP contribution < -0.4 is 0 Å². The first-order valence-electron chi connectivity index (χ1n) is 3.57. The van der Waals surface area contributed by atoms with E-state index in [9.17, 15) is 9.90 Å². The Bertz CT molecular complexity index is 201. The zero-order valence-electron chi connectivity index (χ0n) is 6.50. The highest BCUT2D eigenvalue weighted by molar-refractivity contribution is 5.72. The lowest BCUT2D eigenvalue weighted by atomic mass is 9.68. The summed E-state index contributed by atoms with van der Waals surface area (Å²) in [5, 5.41) is 18.1. The number of carboxylic acids is 1.